The van der Waals surface area contributed by atoms with Gasteiger partial charge in [0.25, 0.3) is 5.91 Å². The zero-order valence-corrected chi connectivity index (χ0v) is 14.9. The Bertz CT molecular complexity index is 505. The summed E-state index contributed by atoms with van der Waals surface area (Å²) >= 11 is 3.16. The number of nitrogens with two attached hydrogens (primary N) is 1. The molecule has 0 aliphatic carbocycles. The second kappa shape index (κ2) is 6.92. The third-order valence-corrected chi connectivity index (χ3v) is 6.51. The van der Waals surface area contributed by atoms with E-state index in [1.54, 1.807) is 18.8 Å². The number of amides is 1. The molecule has 0 atom stereocenters. The van der Waals surface area contributed by atoms with Gasteiger partial charge in [0.15, 0.2) is 0 Å². The van der Waals surface area contributed by atoms with E-state index in [2.05, 4.69) is 24.1 Å². The first-order valence-electron chi connectivity index (χ1n) is 7.42. The van der Waals surface area contributed by atoms with Crippen LogP contribution in [0.4, 0.5) is 10.7 Å². The van der Waals surface area contributed by atoms with Crippen molar-refractivity contribution >= 4 is 39.7 Å². The maximum atomic E-state index is 11.9. The first-order valence-corrected chi connectivity index (χ1v) is 9.47. The smallest absolute Gasteiger partial charge is 0.263 e. The van der Waals surface area contributed by atoms with Gasteiger partial charge < -0.3 is 16.0 Å². The summed E-state index contributed by atoms with van der Waals surface area (Å²) in [6, 6.07) is 0. The second-order valence-electron chi connectivity index (χ2n) is 5.83. The quantitative estimate of drug-likeness (QED) is 0.833. The van der Waals surface area contributed by atoms with Crippen molar-refractivity contribution < 1.29 is 4.79 Å². The lowest BCUT2D eigenvalue weighted by atomic mass is 9.87. The first-order chi connectivity index (χ1) is 9.99. The zero-order valence-electron chi connectivity index (χ0n) is 13.2. The Kier molecular flexibility index (Phi) is 5.43. The molecule has 4 nitrogen and oxygen atoms in total. The van der Waals surface area contributed by atoms with Crippen LogP contribution >= 0.6 is 23.1 Å². The van der Waals surface area contributed by atoms with Gasteiger partial charge in [0.2, 0.25) is 0 Å². The van der Waals surface area contributed by atoms with Gasteiger partial charge in [-0.3, -0.25) is 4.79 Å². The largest absolute Gasteiger partial charge is 0.396 e. The van der Waals surface area contributed by atoms with Gasteiger partial charge in [-0.1, -0.05) is 13.8 Å². The van der Waals surface area contributed by atoms with Crippen LogP contribution in [0.1, 0.15) is 36.4 Å². The molecule has 1 fully saturated rings. The van der Waals surface area contributed by atoms with Crippen molar-refractivity contribution in [3.05, 3.63) is 4.88 Å². The van der Waals surface area contributed by atoms with Crippen LogP contribution in [0.3, 0.4) is 0 Å². The average molecular weight is 328 g/mol. The number of hydrogen-bond donors (Lipinski definition) is 2. The highest BCUT2D eigenvalue weighted by atomic mass is 32.2. The van der Waals surface area contributed by atoms with Crippen LogP contribution in [0.5, 0.6) is 0 Å². The summed E-state index contributed by atoms with van der Waals surface area (Å²) in [5.41, 5.74) is 6.81. The molecule has 0 saturated carbocycles. The summed E-state index contributed by atoms with van der Waals surface area (Å²) in [5.74, 6) is 1.48. The number of carbonyl (C=O) groups is 1. The Morgan fingerprint density at radius 1 is 1.43 bits per heavy atom. The molecule has 0 spiro atoms. The van der Waals surface area contributed by atoms with Gasteiger partial charge in [0.05, 0.1) is 10.6 Å². The minimum absolute atomic E-state index is 0.0869. The van der Waals surface area contributed by atoms with Gasteiger partial charge in [-0.2, -0.15) is 0 Å². The van der Waals surface area contributed by atoms with Crippen LogP contribution in [-0.2, 0) is 0 Å². The third-order valence-electron chi connectivity index (χ3n) is 4.29. The van der Waals surface area contributed by atoms with Crippen molar-refractivity contribution in [2.45, 2.75) is 31.6 Å². The SMILES string of the molecule is CNC(=O)c1sc(N2CCC(C(C)C)CC2)c(SC)c1N. The number of anilines is 2. The molecule has 1 amide bonds. The Morgan fingerprint density at radius 2 is 2.05 bits per heavy atom. The lowest BCUT2D eigenvalue weighted by molar-refractivity contribution is 0.0968. The molecule has 0 aromatic carbocycles. The predicted octanol–water partition coefficient (Wildman–Crippen LogP) is 3.28. The molecule has 0 unspecified atom stereocenters. The standard InChI is InChI=1S/C15H25N3OS2/c1-9(2)10-5-7-18(8-6-10)15-13(20-4)11(16)12(21-15)14(19)17-3/h9-10H,5-8,16H2,1-4H3,(H,17,19). The van der Waals surface area contributed by atoms with Crippen LogP contribution in [-0.4, -0.2) is 32.3 Å². The maximum absolute atomic E-state index is 11.9. The molecule has 2 heterocycles. The molecule has 6 heteroatoms. The Hall–Kier alpha value is -0.880. The lowest BCUT2D eigenvalue weighted by Gasteiger charge is -2.35. The van der Waals surface area contributed by atoms with Crippen molar-refractivity contribution in [1.29, 1.82) is 0 Å². The van der Waals surface area contributed by atoms with Gasteiger partial charge in [-0.15, -0.1) is 23.1 Å². The number of rotatable bonds is 4. The summed E-state index contributed by atoms with van der Waals surface area (Å²) < 4.78 is 0. The van der Waals surface area contributed by atoms with Crippen LogP contribution in [0.25, 0.3) is 0 Å². The number of carbonyl (C=O) groups excluding carboxylic acids is 1. The molecule has 1 saturated heterocycles. The highest BCUT2D eigenvalue weighted by Gasteiger charge is 2.27. The molecular weight excluding hydrogens is 302 g/mol. The number of hydrogen-bond acceptors (Lipinski definition) is 5. The summed E-state index contributed by atoms with van der Waals surface area (Å²) in [7, 11) is 1.65. The van der Waals surface area contributed by atoms with E-state index in [-0.39, 0.29) is 5.91 Å². The highest BCUT2D eigenvalue weighted by molar-refractivity contribution is 7.99. The van der Waals surface area contributed by atoms with Crippen molar-refractivity contribution in [2.24, 2.45) is 11.8 Å². The number of thiophene rings is 1. The van der Waals surface area contributed by atoms with Crippen molar-refractivity contribution in [3.63, 3.8) is 0 Å². The van der Waals surface area contributed by atoms with Crippen LogP contribution in [0, 0.1) is 11.8 Å². The Morgan fingerprint density at radius 3 is 2.52 bits per heavy atom. The van der Waals surface area contributed by atoms with E-state index in [9.17, 15) is 4.79 Å². The topological polar surface area (TPSA) is 58.4 Å². The molecule has 1 aromatic rings. The fourth-order valence-electron chi connectivity index (χ4n) is 2.87. The monoisotopic (exact) mass is 327 g/mol. The molecule has 1 aromatic heterocycles. The Labute approximate surface area is 135 Å². The number of nitrogens with zero attached hydrogens (tertiary/aromatic N) is 1. The summed E-state index contributed by atoms with van der Waals surface area (Å²) in [6.07, 6.45) is 4.47. The van der Waals surface area contributed by atoms with Gasteiger partial charge in [0, 0.05) is 20.1 Å². The second-order valence-corrected chi connectivity index (χ2v) is 7.65. The number of nitrogens with one attached hydrogen (secondary N) is 1. The normalized spacial score (nSPS) is 16.5. The molecule has 3 N–H and O–H groups in total. The maximum Gasteiger partial charge on any atom is 0.263 e. The van der Waals surface area contributed by atoms with Crippen LogP contribution < -0.4 is 16.0 Å². The lowest BCUT2D eigenvalue weighted by Crippen LogP contribution is -2.35. The first kappa shape index (κ1) is 16.5. The molecule has 21 heavy (non-hydrogen) atoms. The molecule has 0 radical (unpaired) electrons. The van der Waals surface area contributed by atoms with Gasteiger partial charge in [0.1, 0.15) is 9.88 Å². The minimum atomic E-state index is -0.0869. The van der Waals surface area contributed by atoms with Crippen molar-refractivity contribution in [3.8, 4) is 0 Å². The molecular formula is C15H25N3OS2. The van der Waals surface area contributed by atoms with E-state index in [1.165, 1.54) is 29.2 Å². The molecule has 1 aliphatic heterocycles. The van der Waals surface area contributed by atoms with Crippen LogP contribution in [0.2, 0.25) is 0 Å². The molecule has 118 valence electrons. The summed E-state index contributed by atoms with van der Waals surface area (Å²) in [4.78, 5) is 16.0. The fraction of sp³-hybridized carbons (Fsp3) is 0.667. The molecule has 2 rings (SSSR count). The number of thioether (sulfide) groups is 1. The number of nitrogen functional groups attached to an aromatic ring is 1. The average Bonchev–Trinajstić information content (AvgIpc) is 2.83. The highest BCUT2D eigenvalue weighted by Crippen LogP contribution is 2.45. The zero-order chi connectivity index (χ0) is 15.6. The summed E-state index contributed by atoms with van der Waals surface area (Å²) in [6.45, 7) is 6.73. The van der Waals surface area contributed by atoms with Gasteiger partial charge >= 0.3 is 0 Å². The fourth-order valence-corrected chi connectivity index (χ4v) is 5.05. The Balaban J connectivity index is 2.22. The van der Waals surface area contributed by atoms with E-state index in [0.717, 1.165) is 29.8 Å². The van der Waals surface area contributed by atoms with Crippen LogP contribution in [0.15, 0.2) is 4.90 Å². The van der Waals surface area contributed by atoms with E-state index >= 15 is 0 Å². The number of piperidine rings is 1. The van der Waals surface area contributed by atoms with E-state index in [4.69, 9.17) is 5.73 Å². The van der Waals surface area contributed by atoms with Gasteiger partial charge in [-0.25, -0.2) is 0 Å². The molecule has 0 bridgehead atoms. The van der Waals surface area contributed by atoms with Crippen molar-refractivity contribution in [1.82, 2.24) is 5.32 Å². The van der Waals surface area contributed by atoms with E-state index in [1.807, 2.05) is 6.26 Å². The molecule has 1 aliphatic rings. The van der Waals surface area contributed by atoms with Crippen molar-refractivity contribution in [2.75, 3.05) is 37.0 Å². The minimum Gasteiger partial charge on any atom is -0.396 e. The summed E-state index contributed by atoms with van der Waals surface area (Å²) in [5, 5.41) is 3.84. The predicted molar refractivity (Wildman–Crippen MR) is 93.7 cm³/mol. The van der Waals surface area contributed by atoms with Gasteiger partial charge in [-0.05, 0) is 30.9 Å². The van der Waals surface area contributed by atoms with E-state index < -0.39 is 0 Å². The van der Waals surface area contributed by atoms with E-state index in [0.29, 0.717) is 10.6 Å². The third kappa shape index (κ3) is 3.31.